The minimum atomic E-state index is -3.76. The van der Waals surface area contributed by atoms with E-state index in [2.05, 4.69) is 10.3 Å². The summed E-state index contributed by atoms with van der Waals surface area (Å²) in [5.41, 5.74) is -0.498. The van der Waals surface area contributed by atoms with Gasteiger partial charge in [-0.1, -0.05) is 24.3 Å². The number of alkyl halides is 2. The highest BCUT2D eigenvalue weighted by atomic mass is 19.3. The van der Waals surface area contributed by atoms with Gasteiger partial charge in [0.1, 0.15) is 5.60 Å². The normalized spacial score (nSPS) is 16.5. The predicted molar refractivity (Wildman–Crippen MR) is 83.4 cm³/mol. The van der Waals surface area contributed by atoms with Crippen LogP contribution in [0, 0.1) is 0 Å². The summed E-state index contributed by atoms with van der Waals surface area (Å²) >= 11 is 0. The fourth-order valence-corrected chi connectivity index (χ4v) is 2.76. The molecule has 1 aromatic heterocycles. The van der Waals surface area contributed by atoms with E-state index >= 15 is 0 Å². The maximum Gasteiger partial charge on any atom is 0.352 e. The molecule has 1 aromatic carbocycles. The summed E-state index contributed by atoms with van der Waals surface area (Å²) in [5.74, 6) is -5.19. The number of benzene rings is 1. The molecule has 1 amide bonds. The molecule has 2 aromatic rings. The highest BCUT2D eigenvalue weighted by molar-refractivity contribution is 5.85. The van der Waals surface area contributed by atoms with Crippen molar-refractivity contribution in [2.45, 2.75) is 43.9 Å². The molecule has 0 aliphatic heterocycles. The molecule has 0 spiro atoms. The predicted octanol–water partition coefficient (Wildman–Crippen LogP) is 2.10. The van der Waals surface area contributed by atoms with Gasteiger partial charge in [-0.05, 0) is 30.4 Å². The van der Waals surface area contributed by atoms with E-state index in [1.54, 1.807) is 18.6 Å². The van der Waals surface area contributed by atoms with Gasteiger partial charge in [0.2, 0.25) is 0 Å². The van der Waals surface area contributed by atoms with Gasteiger partial charge in [0, 0.05) is 25.5 Å². The van der Waals surface area contributed by atoms with Crippen LogP contribution in [0.1, 0.15) is 30.4 Å². The van der Waals surface area contributed by atoms with Crippen molar-refractivity contribution in [3.63, 3.8) is 0 Å². The first-order chi connectivity index (χ1) is 11.4. The Morgan fingerprint density at radius 2 is 2.12 bits per heavy atom. The van der Waals surface area contributed by atoms with Crippen molar-refractivity contribution >= 4 is 5.91 Å². The Labute approximate surface area is 138 Å². The van der Waals surface area contributed by atoms with Gasteiger partial charge in [-0.25, -0.2) is 4.98 Å². The Kier molecular flexibility index (Phi) is 4.36. The highest BCUT2D eigenvalue weighted by Crippen LogP contribution is 2.44. The first kappa shape index (κ1) is 16.6. The minimum absolute atomic E-state index is 0.0116. The van der Waals surface area contributed by atoms with Crippen molar-refractivity contribution in [1.82, 2.24) is 14.9 Å². The van der Waals surface area contributed by atoms with E-state index in [0.717, 1.165) is 11.1 Å². The van der Waals surface area contributed by atoms with Gasteiger partial charge < -0.3 is 15.0 Å². The molecule has 0 saturated heterocycles. The van der Waals surface area contributed by atoms with Crippen LogP contribution in [0.4, 0.5) is 8.78 Å². The summed E-state index contributed by atoms with van der Waals surface area (Å²) in [6.45, 7) is 0.597. The molecule has 5 nitrogen and oxygen atoms in total. The lowest BCUT2D eigenvalue weighted by atomic mass is 9.75. The Morgan fingerprint density at radius 3 is 2.75 bits per heavy atom. The molecule has 7 heteroatoms. The number of halogens is 2. The van der Waals surface area contributed by atoms with Crippen LogP contribution in [0.15, 0.2) is 43.0 Å². The molecule has 0 radical (unpaired) electrons. The summed E-state index contributed by atoms with van der Waals surface area (Å²) in [5, 5.41) is 12.0. The summed E-state index contributed by atoms with van der Waals surface area (Å²) in [6.07, 6.45) is 5.61. The summed E-state index contributed by atoms with van der Waals surface area (Å²) in [4.78, 5) is 15.7. The standard InChI is InChI=1S/C17H19F2N3O2/c18-17(19,16(24)5-2-6-16)15(23)21-10-13-3-1-4-14(9-13)11-22-8-7-20-12-22/h1,3-4,7-9,12,24H,2,5-6,10-11H2,(H,21,23). The van der Waals surface area contributed by atoms with Crippen LogP contribution < -0.4 is 5.32 Å². The van der Waals surface area contributed by atoms with Crippen molar-refractivity contribution in [1.29, 1.82) is 0 Å². The van der Waals surface area contributed by atoms with Crippen molar-refractivity contribution in [3.8, 4) is 0 Å². The Morgan fingerprint density at radius 1 is 1.38 bits per heavy atom. The van der Waals surface area contributed by atoms with E-state index in [9.17, 15) is 18.7 Å². The fourth-order valence-electron chi connectivity index (χ4n) is 2.76. The van der Waals surface area contributed by atoms with E-state index in [4.69, 9.17) is 0 Å². The summed E-state index contributed by atoms with van der Waals surface area (Å²) < 4.78 is 29.9. The molecule has 128 valence electrons. The second-order valence-corrected chi connectivity index (χ2v) is 6.20. The Balaban J connectivity index is 1.61. The van der Waals surface area contributed by atoms with E-state index in [0.29, 0.717) is 13.0 Å². The third-order valence-corrected chi connectivity index (χ3v) is 4.42. The number of aliphatic hydroxyl groups is 1. The van der Waals surface area contributed by atoms with Crippen LogP contribution in [0.2, 0.25) is 0 Å². The van der Waals surface area contributed by atoms with E-state index < -0.39 is 17.4 Å². The number of nitrogens with zero attached hydrogens (tertiary/aromatic N) is 2. The number of aromatic nitrogens is 2. The zero-order chi connectivity index (χ0) is 17.2. The summed E-state index contributed by atoms with van der Waals surface area (Å²) in [7, 11) is 0. The zero-order valence-electron chi connectivity index (χ0n) is 13.1. The minimum Gasteiger partial charge on any atom is -0.383 e. The van der Waals surface area contributed by atoms with Gasteiger partial charge in [-0.15, -0.1) is 0 Å². The van der Waals surface area contributed by atoms with E-state index in [1.807, 2.05) is 29.0 Å². The number of rotatable bonds is 6. The molecule has 3 rings (SSSR count). The average Bonchev–Trinajstić information content (AvgIpc) is 3.03. The van der Waals surface area contributed by atoms with Gasteiger partial charge in [0.15, 0.2) is 0 Å². The van der Waals surface area contributed by atoms with Crippen molar-refractivity contribution in [3.05, 3.63) is 54.1 Å². The lowest BCUT2D eigenvalue weighted by Gasteiger charge is -2.41. The molecule has 2 N–H and O–H groups in total. The van der Waals surface area contributed by atoms with E-state index in [-0.39, 0.29) is 19.4 Å². The topological polar surface area (TPSA) is 67.2 Å². The molecule has 1 fully saturated rings. The SMILES string of the molecule is O=C(NCc1cccc(Cn2ccnc2)c1)C(F)(F)C1(O)CCC1. The molecule has 0 atom stereocenters. The third-order valence-electron chi connectivity index (χ3n) is 4.42. The van der Waals surface area contributed by atoms with Gasteiger partial charge >= 0.3 is 5.92 Å². The number of carbonyl (C=O) groups is 1. The molecule has 0 unspecified atom stereocenters. The van der Waals surface area contributed by atoms with E-state index in [1.165, 1.54) is 0 Å². The maximum absolute atomic E-state index is 14.0. The molecular weight excluding hydrogens is 316 g/mol. The van der Waals surface area contributed by atoms with Crippen LogP contribution in [0.5, 0.6) is 0 Å². The largest absolute Gasteiger partial charge is 0.383 e. The first-order valence-corrected chi connectivity index (χ1v) is 7.83. The molecule has 1 aliphatic carbocycles. The maximum atomic E-state index is 14.0. The van der Waals surface area contributed by atoms with Crippen molar-refractivity contribution in [2.24, 2.45) is 0 Å². The smallest absolute Gasteiger partial charge is 0.352 e. The van der Waals surface area contributed by atoms with Crippen molar-refractivity contribution < 1.29 is 18.7 Å². The first-order valence-electron chi connectivity index (χ1n) is 7.83. The van der Waals surface area contributed by atoms with Crippen LogP contribution in [0.3, 0.4) is 0 Å². The average molecular weight is 335 g/mol. The van der Waals surface area contributed by atoms with Crippen LogP contribution in [-0.2, 0) is 17.9 Å². The van der Waals surface area contributed by atoms with Gasteiger partial charge in [0.05, 0.1) is 6.33 Å². The van der Waals surface area contributed by atoms with Gasteiger partial charge in [0.25, 0.3) is 5.91 Å². The Hall–Kier alpha value is -2.28. The number of carbonyl (C=O) groups excluding carboxylic acids is 1. The number of amides is 1. The summed E-state index contributed by atoms with van der Waals surface area (Å²) in [6, 6.07) is 7.33. The molecule has 0 bridgehead atoms. The van der Waals surface area contributed by atoms with Gasteiger partial charge in [-0.3, -0.25) is 4.79 Å². The second kappa shape index (κ2) is 6.32. The number of hydrogen-bond donors (Lipinski definition) is 2. The number of imidazole rings is 1. The lowest BCUT2D eigenvalue weighted by molar-refractivity contribution is -0.216. The van der Waals surface area contributed by atoms with Crippen LogP contribution in [0.25, 0.3) is 0 Å². The third kappa shape index (κ3) is 3.17. The molecule has 1 aliphatic rings. The Bertz CT molecular complexity index is 712. The lowest BCUT2D eigenvalue weighted by Crippen LogP contribution is -2.60. The van der Waals surface area contributed by atoms with Gasteiger partial charge in [-0.2, -0.15) is 8.78 Å². The molecule has 1 saturated carbocycles. The monoisotopic (exact) mass is 335 g/mol. The molecule has 1 heterocycles. The second-order valence-electron chi connectivity index (χ2n) is 6.20. The van der Waals surface area contributed by atoms with Crippen molar-refractivity contribution in [2.75, 3.05) is 0 Å². The quantitative estimate of drug-likeness (QED) is 0.849. The molecule has 24 heavy (non-hydrogen) atoms. The zero-order valence-corrected chi connectivity index (χ0v) is 13.1. The van der Waals surface area contributed by atoms with Crippen LogP contribution in [-0.4, -0.2) is 32.1 Å². The fraction of sp³-hybridized carbons (Fsp3) is 0.412. The number of hydrogen-bond acceptors (Lipinski definition) is 3. The molecular formula is C17H19F2N3O2. The van der Waals surface area contributed by atoms with Crippen LogP contribution >= 0.6 is 0 Å². The highest BCUT2D eigenvalue weighted by Gasteiger charge is 2.61. The number of nitrogens with one attached hydrogen (secondary N) is 1.